The molecule has 0 radical (unpaired) electrons. The Morgan fingerprint density at radius 3 is 2.36 bits per heavy atom. The van der Waals surface area contributed by atoms with Gasteiger partial charge in [-0.3, -0.25) is 14.9 Å². The number of carbonyl (C=O) groups is 1. The number of amides is 1. The molecular formula is C17H18N2O3. The fourth-order valence-corrected chi connectivity index (χ4v) is 2.51. The van der Waals surface area contributed by atoms with Crippen molar-refractivity contribution in [2.24, 2.45) is 0 Å². The minimum atomic E-state index is -0.511. The van der Waals surface area contributed by atoms with Crippen LogP contribution in [0.3, 0.4) is 0 Å². The van der Waals surface area contributed by atoms with Gasteiger partial charge in [-0.05, 0) is 38.0 Å². The zero-order valence-electron chi connectivity index (χ0n) is 12.8. The zero-order chi connectivity index (χ0) is 16.3. The third-order valence-corrected chi connectivity index (χ3v) is 3.67. The van der Waals surface area contributed by atoms with Crippen molar-refractivity contribution >= 4 is 11.6 Å². The smallest absolute Gasteiger partial charge is 0.285 e. The number of aryl methyl sites for hydroxylation is 2. The van der Waals surface area contributed by atoms with Crippen LogP contribution in [0, 0.1) is 24.0 Å². The van der Waals surface area contributed by atoms with Crippen molar-refractivity contribution in [3.8, 4) is 0 Å². The SMILES string of the molecule is Cc1ccccc1C(C)NC(=O)c1cccc(C)c1[N+](=O)[O-]. The third-order valence-electron chi connectivity index (χ3n) is 3.67. The Bertz CT molecular complexity index is 726. The van der Waals surface area contributed by atoms with E-state index in [2.05, 4.69) is 5.32 Å². The van der Waals surface area contributed by atoms with Crippen molar-refractivity contribution in [2.75, 3.05) is 0 Å². The highest BCUT2D eigenvalue weighted by atomic mass is 16.6. The van der Waals surface area contributed by atoms with Gasteiger partial charge in [0, 0.05) is 5.56 Å². The van der Waals surface area contributed by atoms with Crippen molar-refractivity contribution in [3.63, 3.8) is 0 Å². The number of benzene rings is 2. The van der Waals surface area contributed by atoms with Crippen LogP contribution in [0.1, 0.15) is 40.0 Å². The summed E-state index contributed by atoms with van der Waals surface area (Å²) in [4.78, 5) is 23.1. The van der Waals surface area contributed by atoms with Crippen molar-refractivity contribution in [1.29, 1.82) is 0 Å². The molecule has 0 fully saturated rings. The van der Waals surface area contributed by atoms with Gasteiger partial charge in [0.1, 0.15) is 5.56 Å². The summed E-state index contributed by atoms with van der Waals surface area (Å²) in [6.07, 6.45) is 0. The van der Waals surface area contributed by atoms with E-state index in [4.69, 9.17) is 0 Å². The van der Waals surface area contributed by atoms with Crippen molar-refractivity contribution in [2.45, 2.75) is 26.8 Å². The molecule has 0 aromatic heterocycles. The van der Waals surface area contributed by atoms with Gasteiger partial charge in [0.15, 0.2) is 0 Å². The molecule has 0 saturated carbocycles. The number of rotatable bonds is 4. The molecule has 0 aliphatic rings. The number of para-hydroxylation sites is 1. The Balaban J connectivity index is 2.29. The summed E-state index contributed by atoms with van der Waals surface area (Å²) < 4.78 is 0. The van der Waals surface area contributed by atoms with E-state index in [1.165, 1.54) is 6.07 Å². The second kappa shape index (κ2) is 6.39. The highest BCUT2D eigenvalue weighted by Crippen LogP contribution is 2.24. The second-order valence-electron chi connectivity index (χ2n) is 5.28. The molecule has 5 heteroatoms. The van der Waals surface area contributed by atoms with Crippen molar-refractivity contribution < 1.29 is 9.72 Å². The predicted molar refractivity (Wildman–Crippen MR) is 84.9 cm³/mol. The number of carbonyl (C=O) groups excluding carboxylic acids is 1. The molecule has 0 spiro atoms. The lowest BCUT2D eigenvalue weighted by molar-refractivity contribution is -0.385. The van der Waals surface area contributed by atoms with Crippen LogP contribution in [0.4, 0.5) is 5.69 Å². The van der Waals surface area contributed by atoms with Gasteiger partial charge in [0.05, 0.1) is 11.0 Å². The van der Waals surface area contributed by atoms with Gasteiger partial charge in [-0.25, -0.2) is 0 Å². The monoisotopic (exact) mass is 298 g/mol. The van der Waals surface area contributed by atoms with Crippen LogP contribution >= 0.6 is 0 Å². The molecule has 5 nitrogen and oxygen atoms in total. The Kier molecular flexibility index (Phi) is 4.56. The normalized spacial score (nSPS) is 11.8. The number of nitro groups is 1. The molecule has 0 bridgehead atoms. The maximum absolute atomic E-state index is 12.4. The molecule has 0 heterocycles. The van der Waals surface area contributed by atoms with Crippen LogP contribution in [-0.2, 0) is 0 Å². The van der Waals surface area contributed by atoms with E-state index in [9.17, 15) is 14.9 Å². The van der Waals surface area contributed by atoms with Crippen LogP contribution in [0.5, 0.6) is 0 Å². The number of nitro benzene ring substituents is 1. The van der Waals surface area contributed by atoms with Crippen LogP contribution in [0.25, 0.3) is 0 Å². The Morgan fingerprint density at radius 2 is 1.73 bits per heavy atom. The van der Waals surface area contributed by atoms with E-state index < -0.39 is 10.8 Å². The van der Waals surface area contributed by atoms with E-state index in [-0.39, 0.29) is 17.3 Å². The predicted octanol–water partition coefficient (Wildman–Crippen LogP) is 3.70. The molecule has 2 aromatic rings. The third kappa shape index (κ3) is 3.14. The molecule has 0 aliphatic heterocycles. The first-order valence-electron chi connectivity index (χ1n) is 7.02. The molecule has 2 rings (SSSR count). The highest BCUT2D eigenvalue weighted by molar-refractivity contribution is 5.98. The molecule has 2 aromatic carbocycles. The van der Waals surface area contributed by atoms with E-state index in [0.717, 1.165) is 11.1 Å². The first-order valence-corrected chi connectivity index (χ1v) is 7.02. The number of hydrogen-bond donors (Lipinski definition) is 1. The van der Waals surface area contributed by atoms with Crippen molar-refractivity contribution in [1.82, 2.24) is 5.32 Å². The first kappa shape index (κ1) is 15.7. The minimum absolute atomic E-state index is 0.0884. The van der Waals surface area contributed by atoms with Gasteiger partial charge < -0.3 is 5.32 Å². The summed E-state index contributed by atoms with van der Waals surface area (Å²) in [5.74, 6) is -0.439. The molecule has 22 heavy (non-hydrogen) atoms. The zero-order valence-corrected chi connectivity index (χ0v) is 12.8. The van der Waals surface area contributed by atoms with Gasteiger partial charge in [-0.15, -0.1) is 0 Å². The number of nitrogens with zero attached hydrogens (tertiary/aromatic N) is 1. The first-order chi connectivity index (χ1) is 10.4. The van der Waals surface area contributed by atoms with Gasteiger partial charge in [-0.1, -0.05) is 36.4 Å². The lowest BCUT2D eigenvalue weighted by Crippen LogP contribution is -2.27. The topological polar surface area (TPSA) is 72.2 Å². The summed E-state index contributed by atoms with van der Waals surface area (Å²) in [6.45, 7) is 5.45. The molecule has 0 saturated heterocycles. The summed E-state index contributed by atoms with van der Waals surface area (Å²) in [7, 11) is 0. The Morgan fingerprint density at radius 1 is 1.09 bits per heavy atom. The quantitative estimate of drug-likeness (QED) is 0.691. The largest absolute Gasteiger partial charge is 0.345 e. The van der Waals surface area contributed by atoms with E-state index in [1.807, 2.05) is 38.1 Å². The lowest BCUT2D eigenvalue weighted by Gasteiger charge is -2.16. The standard InChI is InChI=1S/C17H18N2O3/c1-11-7-4-5-9-14(11)13(3)18-17(20)15-10-6-8-12(2)16(15)19(21)22/h4-10,13H,1-3H3,(H,18,20). The fraction of sp³-hybridized carbons (Fsp3) is 0.235. The van der Waals surface area contributed by atoms with E-state index >= 15 is 0 Å². The highest BCUT2D eigenvalue weighted by Gasteiger charge is 2.23. The number of nitrogens with one attached hydrogen (secondary N) is 1. The maximum Gasteiger partial charge on any atom is 0.285 e. The van der Waals surface area contributed by atoms with Gasteiger partial charge >= 0.3 is 0 Å². The average molecular weight is 298 g/mol. The summed E-state index contributed by atoms with van der Waals surface area (Å²) in [5.41, 5.74) is 2.48. The van der Waals surface area contributed by atoms with Crippen LogP contribution in [-0.4, -0.2) is 10.8 Å². The Hall–Kier alpha value is -2.69. The van der Waals surface area contributed by atoms with Crippen LogP contribution < -0.4 is 5.32 Å². The molecular weight excluding hydrogens is 280 g/mol. The van der Waals surface area contributed by atoms with Gasteiger partial charge in [0.2, 0.25) is 0 Å². The van der Waals surface area contributed by atoms with E-state index in [1.54, 1.807) is 19.1 Å². The molecule has 1 amide bonds. The Labute approximate surface area is 129 Å². The second-order valence-corrected chi connectivity index (χ2v) is 5.28. The summed E-state index contributed by atoms with van der Waals surface area (Å²) in [6, 6.07) is 12.3. The lowest BCUT2D eigenvalue weighted by atomic mass is 10.0. The van der Waals surface area contributed by atoms with Gasteiger partial charge in [0.25, 0.3) is 11.6 Å². The molecule has 114 valence electrons. The molecule has 0 aliphatic carbocycles. The minimum Gasteiger partial charge on any atom is -0.345 e. The summed E-state index contributed by atoms with van der Waals surface area (Å²) >= 11 is 0. The molecule has 1 unspecified atom stereocenters. The average Bonchev–Trinajstić information content (AvgIpc) is 2.46. The molecule has 1 N–H and O–H groups in total. The summed E-state index contributed by atoms with van der Waals surface area (Å²) in [5, 5.41) is 14.0. The van der Waals surface area contributed by atoms with Crippen LogP contribution in [0.15, 0.2) is 42.5 Å². The van der Waals surface area contributed by atoms with Crippen molar-refractivity contribution in [3.05, 3.63) is 74.8 Å². The van der Waals surface area contributed by atoms with Crippen LogP contribution in [0.2, 0.25) is 0 Å². The maximum atomic E-state index is 12.4. The molecule has 1 atom stereocenters. The van der Waals surface area contributed by atoms with Gasteiger partial charge in [-0.2, -0.15) is 0 Å². The number of hydrogen-bond acceptors (Lipinski definition) is 3. The fourth-order valence-electron chi connectivity index (χ4n) is 2.51. The van der Waals surface area contributed by atoms with E-state index in [0.29, 0.717) is 5.56 Å².